The molecule has 1 atom stereocenters. The number of hydrogen-bond acceptors (Lipinski definition) is 4. The van der Waals surface area contributed by atoms with E-state index in [2.05, 4.69) is 0 Å². The highest BCUT2D eigenvalue weighted by Crippen LogP contribution is 2.26. The first-order valence-electron chi connectivity index (χ1n) is 8.68. The van der Waals surface area contributed by atoms with Gasteiger partial charge >= 0.3 is 6.18 Å². The minimum atomic E-state index is -4.43. The van der Waals surface area contributed by atoms with E-state index in [1.165, 1.54) is 6.92 Å². The highest BCUT2D eigenvalue weighted by atomic mass is 35.5. The number of carbonyl (C=O) groups is 2. The Morgan fingerprint density at radius 2 is 1.92 bits per heavy atom. The summed E-state index contributed by atoms with van der Waals surface area (Å²) < 4.78 is 43.1. The topological polar surface area (TPSA) is 75.9 Å². The van der Waals surface area contributed by atoms with Crippen LogP contribution in [0, 0.1) is 5.92 Å². The number of halogens is 4. The van der Waals surface area contributed by atoms with E-state index >= 15 is 0 Å². The summed E-state index contributed by atoms with van der Waals surface area (Å²) in [7, 11) is 0. The lowest BCUT2D eigenvalue weighted by molar-refractivity contribution is -0.165. The lowest BCUT2D eigenvalue weighted by atomic mass is 9.87. The minimum Gasteiger partial charge on any atom is -0.381 e. The third kappa shape index (κ3) is 5.72. The van der Waals surface area contributed by atoms with Gasteiger partial charge in [0.15, 0.2) is 0 Å². The Kier molecular flexibility index (Phi) is 8.16. The monoisotopic (exact) mass is 401 g/mol. The lowest BCUT2D eigenvalue weighted by Crippen LogP contribution is -2.60. The van der Waals surface area contributed by atoms with E-state index in [9.17, 15) is 22.8 Å². The van der Waals surface area contributed by atoms with E-state index < -0.39 is 30.1 Å². The van der Waals surface area contributed by atoms with Crippen molar-refractivity contribution in [3.8, 4) is 0 Å². The molecule has 0 radical (unpaired) electrons. The normalized spacial score (nSPS) is 23.1. The molecule has 0 aromatic rings. The third-order valence-corrected chi connectivity index (χ3v) is 4.93. The van der Waals surface area contributed by atoms with Crippen molar-refractivity contribution in [2.24, 2.45) is 11.7 Å². The van der Waals surface area contributed by atoms with Gasteiger partial charge in [-0.1, -0.05) is 0 Å². The quantitative estimate of drug-likeness (QED) is 0.775. The summed E-state index contributed by atoms with van der Waals surface area (Å²) in [5, 5.41) is 0. The molecule has 2 N–H and O–H groups in total. The molecule has 0 bridgehead atoms. The lowest BCUT2D eigenvalue weighted by Gasteiger charge is -2.40. The maximum atomic E-state index is 12.8. The summed E-state index contributed by atoms with van der Waals surface area (Å²) in [5.41, 5.74) is 5.21. The van der Waals surface area contributed by atoms with E-state index in [0.29, 0.717) is 45.4 Å². The van der Waals surface area contributed by atoms with Crippen LogP contribution in [0.1, 0.15) is 32.6 Å². The van der Waals surface area contributed by atoms with Crippen molar-refractivity contribution in [3.63, 3.8) is 0 Å². The molecule has 1 unspecified atom stereocenters. The second kappa shape index (κ2) is 9.23. The van der Waals surface area contributed by atoms with Crippen molar-refractivity contribution in [1.29, 1.82) is 0 Å². The van der Waals surface area contributed by atoms with E-state index in [0.717, 1.165) is 4.90 Å². The Labute approximate surface area is 157 Å². The first-order valence-corrected chi connectivity index (χ1v) is 8.68. The molecule has 2 heterocycles. The Balaban J connectivity index is 0.00000338. The van der Waals surface area contributed by atoms with Gasteiger partial charge in [0.1, 0.15) is 6.54 Å². The van der Waals surface area contributed by atoms with Gasteiger partial charge in [-0.2, -0.15) is 13.2 Å². The fraction of sp³-hybridized carbons (Fsp3) is 0.875. The molecule has 26 heavy (non-hydrogen) atoms. The molecule has 0 aromatic heterocycles. The molecule has 2 rings (SSSR count). The molecule has 2 aliphatic heterocycles. The zero-order valence-corrected chi connectivity index (χ0v) is 15.7. The minimum absolute atomic E-state index is 0. The molecule has 0 aromatic carbocycles. The van der Waals surface area contributed by atoms with Gasteiger partial charge in [0.05, 0.1) is 11.5 Å². The van der Waals surface area contributed by atoms with Gasteiger partial charge in [-0.3, -0.25) is 9.59 Å². The van der Waals surface area contributed by atoms with Crippen LogP contribution in [0.5, 0.6) is 0 Å². The number of amides is 2. The Hall–Kier alpha value is -1.06. The number of nitrogens with two attached hydrogens (primary N) is 1. The molecule has 0 spiro atoms. The summed E-state index contributed by atoms with van der Waals surface area (Å²) in [6, 6.07) is 0. The Morgan fingerprint density at radius 3 is 2.46 bits per heavy atom. The number of alkyl halides is 3. The summed E-state index contributed by atoms with van der Waals surface area (Å²) >= 11 is 0. The van der Waals surface area contributed by atoms with Crippen LogP contribution in [0.4, 0.5) is 13.2 Å². The van der Waals surface area contributed by atoms with E-state index in [4.69, 9.17) is 10.5 Å². The Morgan fingerprint density at radius 1 is 1.31 bits per heavy atom. The average Bonchev–Trinajstić information content (AvgIpc) is 2.58. The number of likely N-dealkylation sites (tertiary alicyclic amines) is 1. The fourth-order valence-corrected chi connectivity index (χ4v) is 3.45. The number of ether oxygens (including phenoxy) is 1. The molecule has 2 aliphatic rings. The maximum Gasteiger partial charge on any atom is 0.406 e. The van der Waals surface area contributed by atoms with E-state index in [1.54, 1.807) is 4.90 Å². The van der Waals surface area contributed by atoms with Crippen LogP contribution in [-0.2, 0) is 14.3 Å². The van der Waals surface area contributed by atoms with Gasteiger partial charge in [0.2, 0.25) is 11.8 Å². The summed E-state index contributed by atoms with van der Waals surface area (Å²) in [6.45, 7) is 1.68. The van der Waals surface area contributed by atoms with Crippen molar-refractivity contribution in [1.82, 2.24) is 9.80 Å². The number of carbonyl (C=O) groups excluding carboxylic acids is 2. The van der Waals surface area contributed by atoms with Crippen LogP contribution in [-0.4, -0.2) is 72.7 Å². The molecule has 2 saturated heterocycles. The van der Waals surface area contributed by atoms with Crippen LogP contribution in [0.15, 0.2) is 0 Å². The van der Waals surface area contributed by atoms with Gasteiger partial charge in [0.25, 0.3) is 0 Å². The predicted molar refractivity (Wildman–Crippen MR) is 91.8 cm³/mol. The average molecular weight is 402 g/mol. The van der Waals surface area contributed by atoms with Gasteiger partial charge in [-0.25, -0.2) is 0 Å². The molecule has 2 fully saturated rings. The molecule has 10 heteroatoms. The fourth-order valence-electron chi connectivity index (χ4n) is 3.45. The summed E-state index contributed by atoms with van der Waals surface area (Å²) in [4.78, 5) is 27.6. The van der Waals surface area contributed by atoms with Crippen LogP contribution >= 0.6 is 12.4 Å². The molecule has 6 nitrogen and oxygen atoms in total. The zero-order valence-electron chi connectivity index (χ0n) is 14.9. The predicted octanol–water partition coefficient (Wildman–Crippen LogP) is 1.57. The van der Waals surface area contributed by atoms with Crippen molar-refractivity contribution in [2.45, 2.75) is 44.3 Å². The second-order valence-electron chi connectivity index (χ2n) is 6.83. The van der Waals surface area contributed by atoms with Gasteiger partial charge in [-0.05, 0) is 32.6 Å². The molecular formula is C16H27ClF3N3O3. The number of rotatable bonds is 4. The van der Waals surface area contributed by atoms with Crippen LogP contribution < -0.4 is 5.73 Å². The third-order valence-electron chi connectivity index (χ3n) is 4.93. The molecule has 152 valence electrons. The number of hydrogen-bond donors (Lipinski definition) is 1. The van der Waals surface area contributed by atoms with Crippen molar-refractivity contribution in [3.05, 3.63) is 0 Å². The molecule has 0 aliphatic carbocycles. The highest BCUT2D eigenvalue weighted by molar-refractivity contribution is 5.87. The van der Waals surface area contributed by atoms with Crippen LogP contribution in [0.3, 0.4) is 0 Å². The van der Waals surface area contributed by atoms with Crippen LogP contribution in [0.2, 0.25) is 0 Å². The maximum absolute atomic E-state index is 12.8. The first-order chi connectivity index (χ1) is 11.7. The van der Waals surface area contributed by atoms with E-state index in [-0.39, 0.29) is 31.4 Å². The highest BCUT2D eigenvalue weighted by Gasteiger charge is 2.42. The summed E-state index contributed by atoms with van der Waals surface area (Å²) in [6.07, 6.45) is -2.54. The first kappa shape index (κ1) is 23.0. The smallest absolute Gasteiger partial charge is 0.381 e. The SMILES string of the molecule is CCN(CC(F)(F)F)C(=O)C1CCCN(C(=O)C2(N)CCOCC2)C1.Cl. The van der Waals surface area contributed by atoms with Crippen molar-refractivity contribution < 1.29 is 27.5 Å². The standard InChI is InChI=1S/C16H26F3N3O3.ClH/c1-2-21(11-16(17,18)19)13(23)12-4-3-7-22(10-12)14(24)15(20)5-8-25-9-6-15;/h12H,2-11,20H2,1H3;1H. The Bertz CT molecular complexity index is 499. The second-order valence-corrected chi connectivity index (χ2v) is 6.83. The van der Waals surface area contributed by atoms with Gasteiger partial charge in [0, 0.05) is 32.8 Å². The molecule has 2 amide bonds. The zero-order chi connectivity index (χ0) is 18.7. The largest absolute Gasteiger partial charge is 0.406 e. The molecular weight excluding hydrogens is 375 g/mol. The van der Waals surface area contributed by atoms with E-state index in [1.807, 2.05) is 0 Å². The van der Waals surface area contributed by atoms with Crippen molar-refractivity contribution >= 4 is 24.2 Å². The van der Waals surface area contributed by atoms with Crippen molar-refractivity contribution in [2.75, 3.05) is 39.4 Å². The van der Waals surface area contributed by atoms with Gasteiger partial charge < -0.3 is 20.3 Å². The van der Waals surface area contributed by atoms with Gasteiger partial charge in [-0.15, -0.1) is 12.4 Å². The number of nitrogens with zero attached hydrogens (tertiary/aromatic N) is 2. The van der Waals surface area contributed by atoms with Crippen LogP contribution in [0.25, 0.3) is 0 Å². The summed E-state index contributed by atoms with van der Waals surface area (Å²) in [5.74, 6) is -1.38. The number of piperidine rings is 1. The molecule has 0 saturated carbocycles.